The van der Waals surface area contributed by atoms with E-state index < -0.39 is 6.10 Å². The summed E-state index contributed by atoms with van der Waals surface area (Å²) in [4.78, 5) is 23.1. The van der Waals surface area contributed by atoms with E-state index in [9.17, 15) is 9.90 Å². The van der Waals surface area contributed by atoms with Crippen LogP contribution in [0.3, 0.4) is 0 Å². The quantitative estimate of drug-likeness (QED) is 0.397. The number of ether oxygens (including phenoxy) is 1. The number of carbonyl (C=O) groups is 1. The molecule has 2 aromatic heterocycles. The number of aromatic nitrogens is 2. The molecular formula is C27H33N5O4. The van der Waals surface area contributed by atoms with E-state index in [1.807, 2.05) is 6.07 Å². The fourth-order valence-electron chi connectivity index (χ4n) is 4.74. The Balaban J connectivity index is 1.10. The number of carbonyl (C=O) groups excluding carboxylic acids is 1. The summed E-state index contributed by atoms with van der Waals surface area (Å²) in [5.74, 6) is 2.06. The maximum absolute atomic E-state index is 12.6. The van der Waals surface area contributed by atoms with Crippen molar-refractivity contribution < 1.29 is 19.1 Å². The lowest BCUT2D eigenvalue weighted by Crippen LogP contribution is -2.42. The van der Waals surface area contributed by atoms with Crippen LogP contribution in [0.15, 0.2) is 47.5 Å². The van der Waals surface area contributed by atoms with Gasteiger partial charge in [0.2, 0.25) is 0 Å². The highest BCUT2D eigenvalue weighted by atomic mass is 16.5. The number of nitrogens with zero attached hydrogens (tertiary/aromatic N) is 3. The molecule has 3 heterocycles. The number of pyridine rings is 1. The van der Waals surface area contributed by atoms with Crippen molar-refractivity contribution in [2.75, 3.05) is 25.0 Å². The average molecular weight is 492 g/mol. The zero-order chi connectivity index (χ0) is 24.9. The zero-order valence-electron chi connectivity index (χ0n) is 20.6. The molecule has 1 unspecified atom stereocenters. The third-order valence-corrected chi connectivity index (χ3v) is 7.02. The number of rotatable bonds is 10. The molecule has 0 spiro atoms. The molecule has 1 amide bonds. The minimum Gasteiger partial charge on any atom is -0.485 e. The Bertz CT molecular complexity index is 1180. The first-order valence-electron chi connectivity index (χ1n) is 12.6. The molecule has 1 aliphatic heterocycles. The van der Waals surface area contributed by atoms with Crippen molar-refractivity contribution in [3.8, 4) is 5.75 Å². The second kappa shape index (κ2) is 11.1. The summed E-state index contributed by atoms with van der Waals surface area (Å²) in [6.45, 7) is 4.72. The molecule has 0 saturated heterocycles. The van der Waals surface area contributed by atoms with E-state index in [1.54, 1.807) is 24.5 Å². The molecule has 190 valence electrons. The Morgan fingerprint density at radius 1 is 1.33 bits per heavy atom. The molecule has 1 aliphatic carbocycles. The summed E-state index contributed by atoms with van der Waals surface area (Å²) in [6, 6.07) is 8.01. The van der Waals surface area contributed by atoms with Crippen LogP contribution in [0.25, 0.3) is 0 Å². The lowest BCUT2D eigenvalue weighted by atomic mass is 9.93. The second-order valence-electron chi connectivity index (χ2n) is 9.63. The number of aliphatic hydroxyl groups excluding tert-OH is 1. The molecule has 0 bridgehead atoms. The number of β-amino-alcohol motifs (C(OH)–C–C–N with tert-alkyl or cyclic N) is 1. The molecule has 9 heteroatoms. The highest BCUT2D eigenvalue weighted by Crippen LogP contribution is 2.30. The monoisotopic (exact) mass is 491 g/mol. The lowest BCUT2D eigenvalue weighted by molar-refractivity contribution is 0.0841. The standard InChI is InChI=1S/C27H33N5O4/c1-18-24-8-10-32(14-20(24)5-6-25(18)35-16-23-13-28-17-36-23)15-22(33)12-30-27(34)19-7-9-29-26(11-19)31-21-3-2-4-21/h5-7,9,11,13,17,21-22,33H,2-4,8,10,12,14-16H2,1H3,(H,29,31)(H,30,34). The predicted octanol–water partition coefficient (Wildman–Crippen LogP) is 3.07. The summed E-state index contributed by atoms with van der Waals surface area (Å²) in [6.07, 6.45) is 8.44. The first kappa shape index (κ1) is 24.3. The van der Waals surface area contributed by atoms with Crippen LogP contribution in [-0.4, -0.2) is 57.7 Å². The van der Waals surface area contributed by atoms with E-state index in [2.05, 4.69) is 38.5 Å². The SMILES string of the molecule is Cc1c(OCc2cnco2)ccc2c1CCN(CC(O)CNC(=O)c1ccnc(NC3CCC3)c1)C2. The molecule has 3 N–H and O–H groups in total. The van der Waals surface area contributed by atoms with Gasteiger partial charge in [-0.3, -0.25) is 9.69 Å². The van der Waals surface area contributed by atoms with Gasteiger partial charge in [0.25, 0.3) is 5.91 Å². The van der Waals surface area contributed by atoms with E-state index in [-0.39, 0.29) is 12.5 Å². The van der Waals surface area contributed by atoms with E-state index in [1.165, 1.54) is 23.9 Å². The molecular weight excluding hydrogens is 458 g/mol. The van der Waals surface area contributed by atoms with Gasteiger partial charge in [0.15, 0.2) is 12.2 Å². The van der Waals surface area contributed by atoms with Gasteiger partial charge in [0, 0.05) is 44.0 Å². The minimum atomic E-state index is -0.657. The van der Waals surface area contributed by atoms with Crippen molar-refractivity contribution in [1.29, 1.82) is 0 Å². The molecule has 9 nitrogen and oxygen atoms in total. The number of aliphatic hydroxyl groups is 1. The van der Waals surface area contributed by atoms with E-state index >= 15 is 0 Å². The lowest BCUT2D eigenvalue weighted by Gasteiger charge is -2.31. The minimum absolute atomic E-state index is 0.198. The Hall–Kier alpha value is -3.43. The summed E-state index contributed by atoms with van der Waals surface area (Å²) in [7, 11) is 0. The van der Waals surface area contributed by atoms with Gasteiger partial charge in [-0.2, -0.15) is 0 Å². The predicted molar refractivity (Wildman–Crippen MR) is 135 cm³/mol. The molecule has 36 heavy (non-hydrogen) atoms. The third-order valence-electron chi connectivity index (χ3n) is 7.02. The molecule has 5 rings (SSSR count). The molecule has 1 atom stereocenters. The first-order valence-corrected chi connectivity index (χ1v) is 12.6. The smallest absolute Gasteiger partial charge is 0.251 e. The number of hydrogen-bond donors (Lipinski definition) is 3. The fraction of sp³-hybridized carbons (Fsp3) is 0.444. The van der Waals surface area contributed by atoms with Gasteiger partial charge < -0.3 is 24.9 Å². The van der Waals surface area contributed by atoms with E-state index in [0.29, 0.717) is 30.5 Å². The fourth-order valence-corrected chi connectivity index (χ4v) is 4.74. The number of anilines is 1. The van der Waals surface area contributed by atoms with Crippen LogP contribution >= 0.6 is 0 Å². The number of oxazole rings is 1. The summed E-state index contributed by atoms with van der Waals surface area (Å²) in [5.41, 5.74) is 4.23. The van der Waals surface area contributed by atoms with Crippen LogP contribution in [0.5, 0.6) is 5.75 Å². The third kappa shape index (κ3) is 5.85. The zero-order valence-corrected chi connectivity index (χ0v) is 20.6. The van der Waals surface area contributed by atoms with Crippen LogP contribution in [0.4, 0.5) is 5.82 Å². The molecule has 1 saturated carbocycles. The van der Waals surface area contributed by atoms with Crippen molar-refractivity contribution in [2.45, 2.75) is 57.9 Å². The maximum atomic E-state index is 12.6. The number of nitrogens with one attached hydrogen (secondary N) is 2. The van der Waals surface area contributed by atoms with Crippen molar-refractivity contribution in [3.05, 3.63) is 71.1 Å². The van der Waals surface area contributed by atoms with Gasteiger partial charge in [-0.25, -0.2) is 9.97 Å². The topological polar surface area (TPSA) is 113 Å². The number of hydrogen-bond acceptors (Lipinski definition) is 8. The number of amides is 1. The van der Waals surface area contributed by atoms with Gasteiger partial charge in [0.1, 0.15) is 18.2 Å². The molecule has 3 aromatic rings. The van der Waals surface area contributed by atoms with Gasteiger partial charge in [-0.1, -0.05) is 6.07 Å². The van der Waals surface area contributed by atoms with Crippen molar-refractivity contribution in [3.63, 3.8) is 0 Å². The van der Waals surface area contributed by atoms with E-state index in [0.717, 1.165) is 49.5 Å². The molecule has 0 radical (unpaired) electrons. The highest BCUT2D eigenvalue weighted by Gasteiger charge is 2.22. The summed E-state index contributed by atoms with van der Waals surface area (Å²) >= 11 is 0. The van der Waals surface area contributed by atoms with Crippen LogP contribution in [0, 0.1) is 6.92 Å². The Morgan fingerprint density at radius 2 is 2.22 bits per heavy atom. The van der Waals surface area contributed by atoms with Crippen molar-refractivity contribution in [2.24, 2.45) is 0 Å². The van der Waals surface area contributed by atoms with Crippen LogP contribution in [0.2, 0.25) is 0 Å². The van der Waals surface area contributed by atoms with Crippen molar-refractivity contribution in [1.82, 2.24) is 20.2 Å². The van der Waals surface area contributed by atoms with Gasteiger partial charge in [-0.05, 0) is 67.5 Å². The van der Waals surface area contributed by atoms with E-state index in [4.69, 9.17) is 9.15 Å². The molecule has 2 aliphatic rings. The van der Waals surface area contributed by atoms with Crippen molar-refractivity contribution >= 4 is 11.7 Å². The average Bonchev–Trinajstić information content (AvgIpc) is 3.38. The Labute approximate surface area is 210 Å². The van der Waals surface area contributed by atoms with Crippen LogP contribution in [-0.2, 0) is 19.6 Å². The Kier molecular flexibility index (Phi) is 7.48. The van der Waals surface area contributed by atoms with Crippen LogP contribution in [0.1, 0.15) is 52.1 Å². The molecule has 1 fully saturated rings. The first-order chi connectivity index (χ1) is 17.5. The second-order valence-corrected chi connectivity index (χ2v) is 9.63. The highest BCUT2D eigenvalue weighted by molar-refractivity contribution is 5.94. The largest absolute Gasteiger partial charge is 0.485 e. The van der Waals surface area contributed by atoms with Gasteiger partial charge in [0.05, 0.1) is 12.3 Å². The number of benzene rings is 1. The van der Waals surface area contributed by atoms with Crippen LogP contribution < -0.4 is 15.4 Å². The maximum Gasteiger partial charge on any atom is 0.251 e. The normalized spacial score (nSPS) is 16.6. The Morgan fingerprint density at radius 3 is 3.00 bits per heavy atom. The van der Waals surface area contributed by atoms with Gasteiger partial charge >= 0.3 is 0 Å². The number of fused-ring (bicyclic) bond motifs is 1. The summed E-state index contributed by atoms with van der Waals surface area (Å²) < 4.78 is 11.2. The summed E-state index contributed by atoms with van der Waals surface area (Å²) in [5, 5.41) is 16.8. The van der Waals surface area contributed by atoms with Gasteiger partial charge in [-0.15, -0.1) is 0 Å². The molecule has 1 aromatic carbocycles.